The molecular formula is C16H27N3O3. The number of oxazole rings is 1. The van der Waals surface area contributed by atoms with Gasteiger partial charge in [-0.25, -0.2) is 9.78 Å². The Labute approximate surface area is 131 Å². The van der Waals surface area contributed by atoms with E-state index in [-0.39, 0.29) is 25.2 Å². The van der Waals surface area contributed by atoms with E-state index in [2.05, 4.69) is 15.6 Å². The monoisotopic (exact) mass is 309 g/mol. The minimum atomic E-state index is -0.225. The number of aromatic nitrogens is 1. The van der Waals surface area contributed by atoms with Crippen molar-refractivity contribution in [1.82, 2.24) is 15.6 Å². The lowest BCUT2D eigenvalue weighted by molar-refractivity contribution is 0.196. The molecule has 22 heavy (non-hydrogen) atoms. The van der Waals surface area contributed by atoms with Crippen molar-refractivity contribution in [2.24, 2.45) is 5.92 Å². The first-order valence-electron chi connectivity index (χ1n) is 8.18. The van der Waals surface area contributed by atoms with Crippen molar-refractivity contribution in [2.75, 3.05) is 6.61 Å². The summed E-state index contributed by atoms with van der Waals surface area (Å²) < 4.78 is 5.44. The number of aliphatic hydroxyl groups excluding tert-OH is 1. The molecule has 0 aromatic carbocycles. The molecule has 1 unspecified atom stereocenters. The van der Waals surface area contributed by atoms with Crippen LogP contribution in [-0.4, -0.2) is 28.8 Å². The number of carbonyl (C=O) groups excluding carboxylic acids is 1. The van der Waals surface area contributed by atoms with Crippen LogP contribution in [0.15, 0.2) is 4.42 Å². The zero-order valence-corrected chi connectivity index (χ0v) is 13.5. The summed E-state index contributed by atoms with van der Waals surface area (Å²) in [4.78, 5) is 16.3. The molecule has 124 valence electrons. The first-order chi connectivity index (χ1) is 10.6. The molecule has 0 saturated heterocycles. The average molecular weight is 309 g/mol. The van der Waals surface area contributed by atoms with Crippen LogP contribution in [0.3, 0.4) is 0 Å². The van der Waals surface area contributed by atoms with Gasteiger partial charge in [-0.1, -0.05) is 19.3 Å². The average Bonchev–Trinajstić information content (AvgIpc) is 2.84. The first kappa shape index (κ1) is 16.8. The molecule has 1 saturated carbocycles. The molecule has 1 aliphatic rings. The van der Waals surface area contributed by atoms with Crippen molar-refractivity contribution in [3.63, 3.8) is 0 Å². The topological polar surface area (TPSA) is 87.4 Å². The summed E-state index contributed by atoms with van der Waals surface area (Å²) in [6, 6.07) is -0.184. The highest BCUT2D eigenvalue weighted by molar-refractivity contribution is 5.74. The first-order valence-corrected chi connectivity index (χ1v) is 8.18. The molecule has 1 heterocycles. The van der Waals surface area contributed by atoms with Gasteiger partial charge in [0.05, 0.1) is 12.2 Å². The van der Waals surface area contributed by atoms with Gasteiger partial charge in [-0.3, -0.25) is 0 Å². The fraction of sp³-hybridized carbons (Fsp3) is 0.750. The minimum absolute atomic E-state index is 0.0401. The van der Waals surface area contributed by atoms with Crippen LogP contribution >= 0.6 is 0 Å². The molecule has 1 aromatic heterocycles. The highest BCUT2D eigenvalue weighted by Crippen LogP contribution is 2.27. The Morgan fingerprint density at radius 2 is 2.09 bits per heavy atom. The van der Waals surface area contributed by atoms with E-state index in [1.165, 1.54) is 19.3 Å². The molecule has 2 rings (SSSR count). The van der Waals surface area contributed by atoms with Gasteiger partial charge >= 0.3 is 6.03 Å². The summed E-state index contributed by atoms with van der Waals surface area (Å²) in [5.41, 5.74) is 0.845. The maximum Gasteiger partial charge on any atom is 0.315 e. The van der Waals surface area contributed by atoms with Crippen LogP contribution in [0.25, 0.3) is 0 Å². The van der Waals surface area contributed by atoms with Crippen LogP contribution in [0, 0.1) is 19.8 Å². The number of nitrogens with one attached hydrogen (secondary N) is 2. The maximum absolute atomic E-state index is 12.1. The lowest BCUT2D eigenvalue weighted by Gasteiger charge is -2.30. The molecule has 1 aromatic rings. The Morgan fingerprint density at radius 3 is 2.68 bits per heavy atom. The molecule has 0 spiro atoms. The quantitative estimate of drug-likeness (QED) is 0.753. The third kappa shape index (κ3) is 4.73. The molecule has 0 bridgehead atoms. The molecule has 0 radical (unpaired) electrons. The molecule has 1 fully saturated rings. The summed E-state index contributed by atoms with van der Waals surface area (Å²) in [5.74, 6) is 1.76. The molecule has 1 atom stereocenters. The predicted molar refractivity (Wildman–Crippen MR) is 83.4 cm³/mol. The Bertz CT molecular complexity index is 461. The van der Waals surface area contributed by atoms with Crippen molar-refractivity contribution < 1.29 is 14.3 Å². The van der Waals surface area contributed by atoms with Gasteiger partial charge in [-0.15, -0.1) is 0 Å². The van der Waals surface area contributed by atoms with Gasteiger partial charge in [0.1, 0.15) is 5.76 Å². The summed E-state index contributed by atoms with van der Waals surface area (Å²) in [5, 5.41) is 15.0. The van der Waals surface area contributed by atoms with Crippen LogP contribution in [0.1, 0.15) is 55.9 Å². The van der Waals surface area contributed by atoms with Crippen molar-refractivity contribution in [1.29, 1.82) is 0 Å². The van der Waals surface area contributed by atoms with Crippen molar-refractivity contribution in [2.45, 2.75) is 65.0 Å². The van der Waals surface area contributed by atoms with Gasteiger partial charge in [0.2, 0.25) is 5.89 Å². The van der Waals surface area contributed by atoms with E-state index in [9.17, 15) is 9.90 Å². The van der Waals surface area contributed by atoms with E-state index in [0.29, 0.717) is 18.2 Å². The number of amides is 2. The second-order valence-corrected chi connectivity index (χ2v) is 6.09. The summed E-state index contributed by atoms with van der Waals surface area (Å²) in [6.07, 6.45) is 6.56. The number of aryl methyl sites for hydroxylation is 2. The van der Waals surface area contributed by atoms with Crippen molar-refractivity contribution in [3.8, 4) is 0 Å². The van der Waals surface area contributed by atoms with Gasteiger partial charge in [-0.05, 0) is 39.0 Å². The Balaban J connectivity index is 1.82. The van der Waals surface area contributed by atoms with E-state index in [1.807, 2.05) is 13.8 Å². The third-order valence-electron chi connectivity index (χ3n) is 4.45. The highest BCUT2D eigenvalue weighted by Gasteiger charge is 2.24. The molecule has 6 nitrogen and oxygen atoms in total. The number of urea groups is 1. The van der Waals surface area contributed by atoms with E-state index < -0.39 is 0 Å². The van der Waals surface area contributed by atoms with Gasteiger partial charge < -0.3 is 20.2 Å². The van der Waals surface area contributed by atoms with Gasteiger partial charge in [0, 0.05) is 12.6 Å². The van der Waals surface area contributed by atoms with Crippen molar-refractivity contribution >= 4 is 6.03 Å². The third-order valence-corrected chi connectivity index (χ3v) is 4.45. The zero-order chi connectivity index (χ0) is 15.9. The van der Waals surface area contributed by atoms with E-state index in [0.717, 1.165) is 24.3 Å². The van der Waals surface area contributed by atoms with Gasteiger partial charge in [0.25, 0.3) is 0 Å². The number of rotatable bonds is 6. The van der Waals surface area contributed by atoms with Crippen LogP contribution in [-0.2, 0) is 6.54 Å². The van der Waals surface area contributed by atoms with Crippen LogP contribution < -0.4 is 10.6 Å². The second-order valence-electron chi connectivity index (χ2n) is 6.09. The van der Waals surface area contributed by atoms with Crippen LogP contribution in [0.5, 0.6) is 0 Å². The Kier molecular flexibility index (Phi) is 6.24. The molecule has 0 aliphatic heterocycles. The van der Waals surface area contributed by atoms with Gasteiger partial charge in [-0.2, -0.15) is 0 Å². The largest absolute Gasteiger partial charge is 0.444 e. The lowest BCUT2D eigenvalue weighted by Crippen LogP contribution is -2.46. The summed E-state index contributed by atoms with van der Waals surface area (Å²) in [7, 11) is 0. The number of carbonyl (C=O) groups is 1. The van der Waals surface area contributed by atoms with E-state index in [1.54, 1.807) is 0 Å². The SMILES string of the molecule is Cc1nc(CNC(=O)NC(CCO)C2CCCCC2)oc1C. The Hall–Kier alpha value is -1.56. The standard InChI is InChI=1S/C16H27N3O3/c1-11-12(2)22-15(18-11)10-17-16(21)19-14(8-9-20)13-6-4-3-5-7-13/h13-14,20H,3-10H2,1-2H3,(H2,17,19,21). The number of hydrogen-bond acceptors (Lipinski definition) is 4. The van der Waals surface area contributed by atoms with Crippen molar-refractivity contribution in [3.05, 3.63) is 17.3 Å². The lowest BCUT2D eigenvalue weighted by atomic mass is 9.83. The summed E-state index contributed by atoms with van der Waals surface area (Å²) >= 11 is 0. The van der Waals surface area contributed by atoms with Crippen LogP contribution in [0.2, 0.25) is 0 Å². The number of hydrogen-bond donors (Lipinski definition) is 3. The van der Waals surface area contributed by atoms with Gasteiger partial charge in [0.15, 0.2) is 0 Å². The molecule has 1 aliphatic carbocycles. The van der Waals surface area contributed by atoms with Crippen LogP contribution in [0.4, 0.5) is 4.79 Å². The zero-order valence-electron chi connectivity index (χ0n) is 13.5. The molecule has 6 heteroatoms. The summed E-state index contributed by atoms with van der Waals surface area (Å²) in [6.45, 7) is 4.10. The van der Waals surface area contributed by atoms with E-state index in [4.69, 9.17) is 4.42 Å². The molecular weight excluding hydrogens is 282 g/mol. The fourth-order valence-electron chi connectivity index (χ4n) is 3.09. The minimum Gasteiger partial charge on any atom is -0.444 e. The second kappa shape index (κ2) is 8.17. The normalized spacial score (nSPS) is 17.2. The van der Waals surface area contributed by atoms with E-state index >= 15 is 0 Å². The Morgan fingerprint density at radius 1 is 1.36 bits per heavy atom. The fourth-order valence-corrected chi connectivity index (χ4v) is 3.09. The smallest absolute Gasteiger partial charge is 0.315 e. The molecule has 2 amide bonds. The number of aliphatic hydroxyl groups is 1. The predicted octanol–water partition coefficient (Wildman–Crippen LogP) is 2.42. The number of nitrogens with zero attached hydrogens (tertiary/aromatic N) is 1. The molecule has 3 N–H and O–H groups in total. The maximum atomic E-state index is 12.1. The highest BCUT2D eigenvalue weighted by atomic mass is 16.4.